The molecule has 168 valence electrons. The fourth-order valence-corrected chi connectivity index (χ4v) is 3.41. The van der Waals surface area contributed by atoms with Crippen molar-refractivity contribution < 1.29 is 14.7 Å². The van der Waals surface area contributed by atoms with E-state index in [0.29, 0.717) is 16.6 Å². The van der Waals surface area contributed by atoms with Crippen LogP contribution in [0.25, 0.3) is 16.6 Å². The van der Waals surface area contributed by atoms with Crippen molar-refractivity contribution in [2.75, 3.05) is 0 Å². The van der Waals surface area contributed by atoms with Crippen LogP contribution in [0.2, 0.25) is 0 Å². The van der Waals surface area contributed by atoms with Crippen molar-refractivity contribution in [2.45, 2.75) is 20.0 Å². The highest BCUT2D eigenvalue weighted by Gasteiger charge is 2.19. The Balaban J connectivity index is 1.52. The first-order chi connectivity index (χ1) is 15.9. The molecule has 11 nitrogen and oxygen atoms in total. The summed E-state index contributed by atoms with van der Waals surface area (Å²) in [6, 6.07) is 15.3. The lowest BCUT2D eigenvalue weighted by Gasteiger charge is -2.13. The topological polar surface area (TPSA) is 140 Å². The van der Waals surface area contributed by atoms with Crippen LogP contribution in [-0.4, -0.2) is 35.8 Å². The van der Waals surface area contributed by atoms with Crippen LogP contribution >= 0.6 is 0 Å². The first-order valence-corrected chi connectivity index (χ1v) is 10.1. The third-order valence-electron chi connectivity index (χ3n) is 5.00. The van der Waals surface area contributed by atoms with E-state index < -0.39 is 29.6 Å². The second-order valence-corrected chi connectivity index (χ2v) is 7.08. The van der Waals surface area contributed by atoms with E-state index in [1.807, 2.05) is 6.07 Å². The van der Waals surface area contributed by atoms with Gasteiger partial charge >= 0.3 is 5.69 Å². The number of hydrazine groups is 1. The van der Waals surface area contributed by atoms with Gasteiger partial charge in [0.25, 0.3) is 17.4 Å². The number of carbonyl (C=O) groups excluding carboxylic acids is 2. The van der Waals surface area contributed by atoms with Gasteiger partial charge in [0, 0.05) is 6.54 Å². The fourth-order valence-electron chi connectivity index (χ4n) is 3.41. The van der Waals surface area contributed by atoms with Crippen LogP contribution in [0.4, 0.5) is 0 Å². The SMILES string of the molecule is CCn1c(=O)c2ccccc2n(CC(=O)NNC(=O)c2nn(-c3ccccc3)cc2O)c1=O. The molecule has 0 bridgehead atoms. The number of nitrogens with one attached hydrogen (secondary N) is 2. The van der Waals surface area contributed by atoms with Crippen LogP contribution in [0.3, 0.4) is 0 Å². The van der Waals surface area contributed by atoms with Gasteiger partial charge in [-0.2, -0.15) is 5.10 Å². The molecule has 0 unspecified atom stereocenters. The number of para-hydroxylation sites is 2. The summed E-state index contributed by atoms with van der Waals surface area (Å²) < 4.78 is 3.51. The number of benzene rings is 2. The molecule has 0 aliphatic rings. The number of fused-ring (bicyclic) bond motifs is 1. The van der Waals surface area contributed by atoms with Crippen molar-refractivity contribution in [3.8, 4) is 11.4 Å². The van der Waals surface area contributed by atoms with Crippen molar-refractivity contribution >= 4 is 22.7 Å². The Bertz CT molecular complexity index is 1470. The second kappa shape index (κ2) is 8.83. The van der Waals surface area contributed by atoms with Crippen molar-refractivity contribution in [1.82, 2.24) is 29.8 Å². The summed E-state index contributed by atoms with van der Waals surface area (Å²) in [6.07, 6.45) is 1.27. The van der Waals surface area contributed by atoms with Crippen molar-refractivity contribution in [2.24, 2.45) is 0 Å². The van der Waals surface area contributed by atoms with Gasteiger partial charge in [-0.05, 0) is 31.2 Å². The lowest BCUT2D eigenvalue weighted by atomic mass is 10.2. The molecule has 4 aromatic rings. The van der Waals surface area contributed by atoms with Gasteiger partial charge < -0.3 is 5.11 Å². The second-order valence-electron chi connectivity index (χ2n) is 7.08. The Morgan fingerprint density at radius 3 is 2.39 bits per heavy atom. The molecule has 2 aromatic carbocycles. The van der Waals surface area contributed by atoms with E-state index in [-0.39, 0.29) is 18.0 Å². The number of nitrogens with zero attached hydrogens (tertiary/aromatic N) is 4. The zero-order chi connectivity index (χ0) is 23.5. The molecule has 0 atom stereocenters. The Kier molecular flexibility index (Phi) is 5.77. The summed E-state index contributed by atoms with van der Waals surface area (Å²) in [6.45, 7) is 1.36. The standard InChI is InChI=1S/C22H20N6O5/c1-2-26-21(32)15-10-6-7-11-16(15)27(22(26)33)13-18(30)23-24-20(31)19-17(29)12-28(25-19)14-8-4-3-5-9-14/h3-12,29H,2,13H2,1H3,(H,23,30)(H,24,31). The van der Waals surface area contributed by atoms with Crippen LogP contribution in [-0.2, 0) is 17.9 Å². The van der Waals surface area contributed by atoms with E-state index in [2.05, 4.69) is 16.0 Å². The first-order valence-electron chi connectivity index (χ1n) is 10.1. The molecule has 0 radical (unpaired) electrons. The normalized spacial score (nSPS) is 10.8. The molecule has 0 saturated heterocycles. The number of carbonyl (C=O) groups is 2. The number of amides is 2. The van der Waals surface area contributed by atoms with Gasteiger partial charge in [-0.15, -0.1) is 0 Å². The quantitative estimate of drug-likeness (QED) is 0.381. The number of aromatic nitrogens is 4. The summed E-state index contributed by atoms with van der Waals surface area (Å²) in [5.41, 5.74) is 3.95. The van der Waals surface area contributed by atoms with Crippen LogP contribution < -0.4 is 22.1 Å². The monoisotopic (exact) mass is 448 g/mol. The third kappa shape index (κ3) is 4.11. The van der Waals surface area contributed by atoms with E-state index >= 15 is 0 Å². The molecule has 0 aliphatic heterocycles. The van der Waals surface area contributed by atoms with E-state index in [4.69, 9.17) is 0 Å². The van der Waals surface area contributed by atoms with Crippen LogP contribution in [0, 0.1) is 0 Å². The molecule has 2 heterocycles. The molecule has 0 fully saturated rings. The molecule has 0 saturated carbocycles. The van der Waals surface area contributed by atoms with E-state index in [9.17, 15) is 24.3 Å². The Hall–Kier alpha value is -4.67. The molecule has 11 heteroatoms. The van der Waals surface area contributed by atoms with E-state index in [0.717, 1.165) is 9.13 Å². The Morgan fingerprint density at radius 1 is 0.970 bits per heavy atom. The maximum absolute atomic E-state index is 12.7. The summed E-state index contributed by atoms with van der Waals surface area (Å²) >= 11 is 0. The van der Waals surface area contributed by atoms with E-state index in [1.54, 1.807) is 55.5 Å². The minimum Gasteiger partial charge on any atom is -0.504 e. The number of aromatic hydroxyl groups is 1. The largest absolute Gasteiger partial charge is 0.504 e. The molecule has 2 aromatic heterocycles. The van der Waals surface area contributed by atoms with Gasteiger partial charge in [-0.1, -0.05) is 30.3 Å². The van der Waals surface area contributed by atoms with Crippen LogP contribution in [0.5, 0.6) is 5.75 Å². The van der Waals surface area contributed by atoms with Crippen LogP contribution in [0.15, 0.2) is 70.4 Å². The van der Waals surface area contributed by atoms with Gasteiger partial charge in [0.15, 0.2) is 11.4 Å². The third-order valence-corrected chi connectivity index (χ3v) is 5.00. The molecular formula is C22H20N6O5. The molecule has 0 spiro atoms. The molecule has 4 rings (SSSR count). The van der Waals surface area contributed by atoms with Gasteiger partial charge in [-0.25, -0.2) is 9.48 Å². The average Bonchev–Trinajstić information content (AvgIpc) is 3.23. The highest BCUT2D eigenvalue weighted by atomic mass is 16.3. The lowest BCUT2D eigenvalue weighted by Crippen LogP contribution is -2.46. The lowest BCUT2D eigenvalue weighted by molar-refractivity contribution is -0.122. The van der Waals surface area contributed by atoms with Crippen molar-refractivity contribution in [1.29, 1.82) is 0 Å². The predicted molar refractivity (Wildman–Crippen MR) is 119 cm³/mol. The summed E-state index contributed by atoms with van der Waals surface area (Å²) in [4.78, 5) is 50.1. The van der Waals surface area contributed by atoms with Gasteiger partial charge in [-0.3, -0.25) is 34.4 Å². The maximum atomic E-state index is 12.7. The highest BCUT2D eigenvalue weighted by Crippen LogP contribution is 2.17. The number of hydrogen-bond donors (Lipinski definition) is 3. The van der Waals surface area contributed by atoms with Crippen molar-refractivity contribution in [3.63, 3.8) is 0 Å². The summed E-state index contributed by atoms with van der Waals surface area (Å²) in [7, 11) is 0. The highest BCUT2D eigenvalue weighted by molar-refractivity contribution is 5.96. The van der Waals surface area contributed by atoms with Gasteiger partial charge in [0.1, 0.15) is 6.54 Å². The zero-order valence-corrected chi connectivity index (χ0v) is 17.6. The average molecular weight is 448 g/mol. The predicted octanol–water partition coefficient (Wildman–Crippen LogP) is 0.536. The zero-order valence-electron chi connectivity index (χ0n) is 17.6. The van der Waals surface area contributed by atoms with Crippen LogP contribution in [0.1, 0.15) is 17.4 Å². The molecular weight excluding hydrogens is 428 g/mol. The number of hydrogen-bond acceptors (Lipinski definition) is 6. The molecule has 33 heavy (non-hydrogen) atoms. The summed E-state index contributed by atoms with van der Waals surface area (Å²) in [5.74, 6) is -1.92. The fraction of sp³-hybridized carbons (Fsp3) is 0.136. The van der Waals surface area contributed by atoms with Crippen molar-refractivity contribution in [3.05, 3.63) is 87.3 Å². The summed E-state index contributed by atoms with van der Waals surface area (Å²) in [5, 5.41) is 14.4. The minimum absolute atomic E-state index is 0.143. The first kappa shape index (κ1) is 21.6. The maximum Gasteiger partial charge on any atom is 0.331 e. The molecule has 0 aliphatic carbocycles. The Morgan fingerprint density at radius 2 is 1.67 bits per heavy atom. The smallest absolute Gasteiger partial charge is 0.331 e. The molecule has 3 N–H and O–H groups in total. The molecule has 2 amide bonds. The van der Waals surface area contributed by atoms with Gasteiger partial charge in [0.05, 0.1) is 22.8 Å². The Labute approximate surface area is 186 Å². The number of rotatable bonds is 5. The van der Waals surface area contributed by atoms with E-state index in [1.165, 1.54) is 10.9 Å². The minimum atomic E-state index is -0.841. The van der Waals surface area contributed by atoms with Gasteiger partial charge in [0.2, 0.25) is 0 Å².